The molecule has 3 heteroatoms. The molecule has 18 heavy (non-hydrogen) atoms. The van der Waals surface area contributed by atoms with Gasteiger partial charge in [0.15, 0.2) is 0 Å². The predicted octanol–water partition coefficient (Wildman–Crippen LogP) is 3.13. The minimum atomic E-state index is 0.0843. The molecule has 0 heterocycles. The number of aliphatic hydroxyl groups is 1. The maximum absolute atomic E-state index is 11.6. The van der Waals surface area contributed by atoms with Gasteiger partial charge in [-0.05, 0) is 30.5 Å². The van der Waals surface area contributed by atoms with Crippen LogP contribution < -0.4 is 5.32 Å². The van der Waals surface area contributed by atoms with Crippen LogP contribution in [-0.2, 0) is 11.2 Å². The molecule has 0 aliphatic heterocycles. The first-order chi connectivity index (χ1) is 8.76. The Labute approximate surface area is 109 Å². The number of unbranched alkanes of at least 4 members (excludes halogenated alkanes) is 3. The molecule has 0 aliphatic rings. The van der Waals surface area contributed by atoms with Gasteiger partial charge in [0, 0.05) is 18.7 Å². The van der Waals surface area contributed by atoms with Crippen molar-refractivity contribution in [1.29, 1.82) is 0 Å². The van der Waals surface area contributed by atoms with E-state index in [9.17, 15) is 4.79 Å². The minimum Gasteiger partial charge on any atom is -0.396 e. The number of hydrogen-bond donors (Lipinski definition) is 2. The van der Waals surface area contributed by atoms with E-state index in [4.69, 9.17) is 5.11 Å². The predicted molar refractivity (Wildman–Crippen MR) is 74.6 cm³/mol. The van der Waals surface area contributed by atoms with E-state index in [0.717, 1.165) is 24.1 Å². The fraction of sp³-hybridized carbons (Fsp3) is 0.533. The van der Waals surface area contributed by atoms with Crippen molar-refractivity contribution in [1.82, 2.24) is 0 Å². The van der Waals surface area contributed by atoms with E-state index in [2.05, 4.69) is 12.2 Å². The maximum Gasteiger partial charge on any atom is 0.224 e. The van der Waals surface area contributed by atoms with Gasteiger partial charge in [-0.3, -0.25) is 4.79 Å². The number of carbonyl (C=O) groups excluding carboxylic acids is 1. The monoisotopic (exact) mass is 249 g/mol. The fourth-order valence-electron chi connectivity index (χ4n) is 1.82. The summed E-state index contributed by atoms with van der Waals surface area (Å²) >= 11 is 0. The molecule has 1 aromatic carbocycles. The smallest absolute Gasteiger partial charge is 0.224 e. The number of nitrogens with one attached hydrogen (secondary N) is 1. The molecular weight excluding hydrogens is 226 g/mol. The SMILES string of the molecule is CCCCCCC(=O)Nc1ccc(CCO)cc1. The third kappa shape index (κ3) is 5.82. The van der Waals surface area contributed by atoms with Gasteiger partial charge in [0.1, 0.15) is 0 Å². The molecule has 0 saturated carbocycles. The Morgan fingerprint density at radius 3 is 2.50 bits per heavy atom. The van der Waals surface area contributed by atoms with Crippen molar-refractivity contribution in [3.05, 3.63) is 29.8 Å². The van der Waals surface area contributed by atoms with Crippen molar-refractivity contribution in [2.75, 3.05) is 11.9 Å². The molecule has 0 fully saturated rings. The Balaban J connectivity index is 2.30. The number of hydrogen-bond acceptors (Lipinski definition) is 2. The van der Waals surface area contributed by atoms with Crippen molar-refractivity contribution < 1.29 is 9.90 Å². The zero-order valence-electron chi connectivity index (χ0n) is 11.1. The van der Waals surface area contributed by atoms with E-state index in [-0.39, 0.29) is 12.5 Å². The van der Waals surface area contributed by atoms with E-state index in [1.165, 1.54) is 12.8 Å². The highest BCUT2D eigenvalue weighted by Crippen LogP contribution is 2.11. The van der Waals surface area contributed by atoms with Gasteiger partial charge >= 0.3 is 0 Å². The molecule has 0 unspecified atom stereocenters. The van der Waals surface area contributed by atoms with Gasteiger partial charge in [-0.2, -0.15) is 0 Å². The van der Waals surface area contributed by atoms with E-state index >= 15 is 0 Å². The van der Waals surface area contributed by atoms with Crippen LogP contribution in [0.25, 0.3) is 0 Å². The molecule has 1 aromatic rings. The van der Waals surface area contributed by atoms with Crippen LogP contribution in [0.15, 0.2) is 24.3 Å². The second-order valence-corrected chi connectivity index (χ2v) is 4.53. The number of anilines is 1. The van der Waals surface area contributed by atoms with Crippen LogP contribution in [0.3, 0.4) is 0 Å². The molecule has 0 spiro atoms. The topological polar surface area (TPSA) is 49.3 Å². The summed E-state index contributed by atoms with van der Waals surface area (Å²) in [6.07, 6.45) is 5.72. The third-order valence-electron chi connectivity index (χ3n) is 2.90. The maximum atomic E-state index is 11.6. The Kier molecular flexibility index (Phi) is 7.11. The fourth-order valence-corrected chi connectivity index (χ4v) is 1.82. The Morgan fingerprint density at radius 2 is 1.89 bits per heavy atom. The molecule has 0 aliphatic carbocycles. The largest absolute Gasteiger partial charge is 0.396 e. The Hall–Kier alpha value is -1.35. The van der Waals surface area contributed by atoms with Crippen LogP contribution in [-0.4, -0.2) is 17.6 Å². The zero-order chi connectivity index (χ0) is 13.2. The van der Waals surface area contributed by atoms with Crippen LogP contribution in [0.4, 0.5) is 5.69 Å². The molecule has 1 rings (SSSR count). The molecule has 3 nitrogen and oxygen atoms in total. The lowest BCUT2D eigenvalue weighted by molar-refractivity contribution is -0.116. The summed E-state index contributed by atoms with van der Waals surface area (Å²) in [6.45, 7) is 2.32. The average Bonchev–Trinajstić information content (AvgIpc) is 2.37. The molecule has 0 atom stereocenters. The van der Waals surface area contributed by atoms with E-state index < -0.39 is 0 Å². The molecule has 2 N–H and O–H groups in total. The lowest BCUT2D eigenvalue weighted by Crippen LogP contribution is -2.11. The molecule has 1 amide bonds. The normalized spacial score (nSPS) is 10.3. The lowest BCUT2D eigenvalue weighted by atomic mass is 10.1. The van der Waals surface area contributed by atoms with Crippen LogP contribution in [0.1, 0.15) is 44.6 Å². The van der Waals surface area contributed by atoms with Crippen molar-refractivity contribution in [3.63, 3.8) is 0 Å². The highest BCUT2D eigenvalue weighted by Gasteiger charge is 2.02. The molecule has 0 radical (unpaired) electrons. The summed E-state index contributed by atoms with van der Waals surface area (Å²) in [5, 5.41) is 11.7. The van der Waals surface area contributed by atoms with Gasteiger partial charge in [0.25, 0.3) is 0 Å². The second-order valence-electron chi connectivity index (χ2n) is 4.53. The van der Waals surface area contributed by atoms with E-state index in [0.29, 0.717) is 12.8 Å². The van der Waals surface area contributed by atoms with Crippen LogP contribution >= 0.6 is 0 Å². The highest BCUT2D eigenvalue weighted by molar-refractivity contribution is 5.90. The standard InChI is InChI=1S/C15H23NO2/c1-2-3-4-5-6-15(18)16-14-9-7-13(8-10-14)11-12-17/h7-10,17H,2-6,11-12H2,1H3,(H,16,18). The number of amides is 1. The third-order valence-corrected chi connectivity index (χ3v) is 2.90. The van der Waals surface area contributed by atoms with Gasteiger partial charge in [-0.15, -0.1) is 0 Å². The minimum absolute atomic E-state index is 0.0843. The quantitative estimate of drug-likeness (QED) is 0.695. The van der Waals surface area contributed by atoms with Crippen molar-refractivity contribution in [2.24, 2.45) is 0 Å². The average molecular weight is 249 g/mol. The van der Waals surface area contributed by atoms with E-state index in [1.807, 2.05) is 24.3 Å². The Morgan fingerprint density at radius 1 is 1.17 bits per heavy atom. The molecular formula is C15H23NO2. The first-order valence-electron chi connectivity index (χ1n) is 6.76. The summed E-state index contributed by atoms with van der Waals surface area (Å²) in [5.74, 6) is 0.0843. The summed E-state index contributed by atoms with van der Waals surface area (Å²) in [7, 11) is 0. The number of benzene rings is 1. The van der Waals surface area contributed by atoms with Gasteiger partial charge in [-0.1, -0.05) is 38.3 Å². The summed E-state index contributed by atoms with van der Waals surface area (Å²) in [5.41, 5.74) is 1.91. The Bertz CT molecular complexity index is 346. The van der Waals surface area contributed by atoms with Crippen molar-refractivity contribution >= 4 is 11.6 Å². The molecule has 100 valence electrons. The van der Waals surface area contributed by atoms with Crippen LogP contribution in [0, 0.1) is 0 Å². The van der Waals surface area contributed by atoms with Crippen LogP contribution in [0.5, 0.6) is 0 Å². The summed E-state index contributed by atoms with van der Waals surface area (Å²) in [4.78, 5) is 11.6. The number of rotatable bonds is 8. The zero-order valence-corrected chi connectivity index (χ0v) is 11.1. The van der Waals surface area contributed by atoms with Gasteiger partial charge in [0.05, 0.1) is 0 Å². The summed E-state index contributed by atoms with van der Waals surface area (Å²) < 4.78 is 0. The van der Waals surface area contributed by atoms with E-state index in [1.54, 1.807) is 0 Å². The number of aliphatic hydroxyl groups excluding tert-OH is 1. The summed E-state index contributed by atoms with van der Waals surface area (Å²) in [6, 6.07) is 7.63. The lowest BCUT2D eigenvalue weighted by Gasteiger charge is -2.06. The first kappa shape index (κ1) is 14.7. The van der Waals surface area contributed by atoms with Crippen molar-refractivity contribution in [2.45, 2.75) is 45.4 Å². The van der Waals surface area contributed by atoms with Crippen molar-refractivity contribution in [3.8, 4) is 0 Å². The molecule has 0 saturated heterocycles. The molecule has 0 bridgehead atoms. The van der Waals surface area contributed by atoms with Gasteiger partial charge in [-0.25, -0.2) is 0 Å². The molecule has 0 aromatic heterocycles. The first-order valence-corrected chi connectivity index (χ1v) is 6.76. The number of carbonyl (C=O) groups is 1. The van der Waals surface area contributed by atoms with Gasteiger partial charge < -0.3 is 10.4 Å². The highest BCUT2D eigenvalue weighted by atomic mass is 16.2. The van der Waals surface area contributed by atoms with Crippen LogP contribution in [0.2, 0.25) is 0 Å². The second kappa shape index (κ2) is 8.70. The van der Waals surface area contributed by atoms with Gasteiger partial charge in [0.2, 0.25) is 5.91 Å².